The number of nitrogens with one attached hydrogen (secondary N) is 1. The molecule has 0 atom stereocenters. The highest BCUT2D eigenvalue weighted by Gasteiger charge is 2.40. The molecule has 0 aliphatic carbocycles. The molecule has 0 aromatic carbocycles. The van der Waals surface area contributed by atoms with Crippen LogP contribution in [0.3, 0.4) is 0 Å². The highest BCUT2D eigenvalue weighted by Crippen LogP contribution is 2.29. The molecule has 3 N–H and O–H groups in total. The molecular weight excluding hydrogens is 204 g/mol. The van der Waals surface area contributed by atoms with Gasteiger partial charge in [-0.15, -0.1) is 0 Å². The Morgan fingerprint density at radius 1 is 1.44 bits per heavy atom. The fraction of sp³-hybridized carbons (Fsp3) is 0.636. The molecule has 0 radical (unpaired) electrons. The lowest BCUT2D eigenvalue weighted by Crippen LogP contribution is -2.53. The molecule has 90 valence electrons. The first-order valence-corrected chi connectivity index (χ1v) is 5.23. The summed E-state index contributed by atoms with van der Waals surface area (Å²) >= 11 is 0. The first-order valence-electron chi connectivity index (χ1n) is 5.23. The van der Waals surface area contributed by atoms with Crippen LogP contribution in [0, 0.1) is 5.41 Å². The summed E-state index contributed by atoms with van der Waals surface area (Å²) in [6.07, 6.45) is 3.36. The summed E-state index contributed by atoms with van der Waals surface area (Å²) in [5, 5.41) is 6.79. The Morgan fingerprint density at radius 2 is 2.00 bits per heavy atom. The number of nitrogens with zero attached hydrogens (tertiary/aromatic N) is 2. The van der Waals surface area contributed by atoms with E-state index in [1.165, 1.54) is 0 Å². The number of hydrogen-bond acceptors (Lipinski definition) is 3. The van der Waals surface area contributed by atoms with E-state index in [2.05, 4.69) is 10.4 Å². The SMILES string of the molecule is Cn1cc(NC(=O)C(C)(C)C(C)(C)N)cn1. The van der Waals surface area contributed by atoms with Gasteiger partial charge in [0, 0.05) is 18.8 Å². The summed E-state index contributed by atoms with van der Waals surface area (Å²) in [6.45, 7) is 7.35. The first kappa shape index (κ1) is 12.7. The molecular formula is C11H20N4O. The minimum absolute atomic E-state index is 0.104. The molecule has 1 aromatic heterocycles. The van der Waals surface area contributed by atoms with Crippen LogP contribution in [0.25, 0.3) is 0 Å². The van der Waals surface area contributed by atoms with Gasteiger partial charge in [-0.05, 0) is 27.7 Å². The monoisotopic (exact) mass is 224 g/mol. The fourth-order valence-electron chi connectivity index (χ4n) is 1.07. The molecule has 1 amide bonds. The normalized spacial score (nSPS) is 12.6. The van der Waals surface area contributed by atoms with E-state index in [0.29, 0.717) is 5.69 Å². The second-order valence-electron chi connectivity index (χ2n) is 5.20. The van der Waals surface area contributed by atoms with Crippen LogP contribution in [-0.4, -0.2) is 21.2 Å². The number of anilines is 1. The van der Waals surface area contributed by atoms with Gasteiger partial charge in [-0.2, -0.15) is 5.10 Å². The van der Waals surface area contributed by atoms with Crippen LogP contribution >= 0.6 is 0 Å². The molecule has 1 rings (SSSR count). The van der Waals surface area contributed by atoms with Crippen LogP contribution in [-0.2, 0) is 11.8 Å². The molecule has 0 aliphatic heterocycles. The van der Waals surface area contributed by atoms with Gasteiger partial charge in [-0.25, -0.2) is 0 Å². The van der Waals surface area contributed by atoms with Gasteiger partial charge in [0.1, 0.15) is 0 Å². The van der Waals surface area contributed by atoms with E-state index in [1.807, 2.05) is 27.7 Å². The summed E-state index contributed by atoms with van der Waals surface area (Å²) in [5.74, 6) is -0.104. The summed E-state index contributed by atoms with van der Waals surface area (Å²) < 4.78 is 1.64. The third-order valence-corrected chi connectivity index (χ3v) is 3.14. The van der Waals surface area contributed by atoms with Crippen molar-refractivity contribution in [3.63, 3.8) is 0 Å². The topological polar surface area (TPSA) is 72.9 Å². The lowest BCUT2D eigenvalue weighted by Gasteiger charge is -2.36. The predicted molar refractivity (Wildman–Crippen MR) is 63.9 cm³/mol. The molecule has 0 saturated heterocycles. The largest absolute Gasteiger partial charge is 0.325 e. The zero-order valence-corrected chi connectivity index (χ0v) is 10.5. The molecule has 0 bridgehead atoms. The lowest BCUT2D eigenvalue weighted by atomic mass is 9.74. The van der Waals surface area contributed by atoms with Gasteiger partial charge in [0.25, 0.3) is 0 Å². The maximum Gasteiger partial charge on any atom is 0.231 e. The molecule has 0 saturated carbocycles. The highest BCUT2D eigenvalue weighted by atomic mass is 16.2. The molecule has 0 fully saturated rings. The molecule has 0 unspecified atom stereocenters. The van der Waals surface area contributed by atoms with Crippen molar-refractivity contribution in [2.45, 2.75) is 33.2 Å². The Kier molecular flexibility index (Phi) is 3.10. The smallest absolute Gasteiger partial charge is 0.231 e. The number of amides is 1. The van der Waals surface area contributed by atoms with Gasteiger partial charge in [0.2, 0.25) is 5.91 Å². The van der Waals surface area contributed by atoms with E-state index in [9.17, 15) is 4.79 Å². The van der Waals surface area contributed by atoms with Gasteiger partial charge in [0.05, 0.1) is 17.3 Å². The average Bonchev–Trinajstić information content (AvgIpc) is 2.49. The van der Waals surface area contributed by atoms with E-state index in [-0.39, 0.29) is 5.91 Å². The van der Waals surface area contributed by atoms with E-state index in [4.69, 9.17) is 5.73 Å². The van der Waals surface area contributed by atoms with Crippen LogP contribution in [0.2, 0.25) is 0 Å². The number of rotatable bonds is 3. The molecule has 5 nitrogen and oxygen atoms in total. The molecule has 0 aliphatic rings. The van der Waals surface area contributed by atoms with Crippen LogP contribution in [0.4, 0.5) is 5.69 Å². The number of carbonyl (C=O) groups is 1. The maximum atomic E-state index is 12.1. The minimum atomic E-state index is -0.650. The van der Waals surface area contributed by atoms with Crippen molar-refractivity contribution >= 4 is 11.6 Å². The highest BCUT2D eigenvalue weighted by molar-refractivity contribution is 5.95. The quantitative estimate of drug-likeness (QED) is 0.808. The number of hydrogen-bond donors (Lipinski definition) is 2. The Bertz CT molecular complexity index is 387. The van der Waals surface area contributed by atoms with Gasteiger partial charge < -0.3 is 11.1 Å². The van der Waals surface area contributed by atoms with E-state index >= 15 is 0 Å². The zero-order chi connectivity index (χ0) is 12.6. The summed E-state index contributed by atoms with van der Waals surface area (Å²) in [7, 11) is 1.80. The average molecular weight is 224 g/mol. The van der Waals surface area contributed by atoms with E-state index < -0.39 is 11.0 Å². The zero-order valence-electron chi connectivity index (χ0n) is 10.5. The maximum absolute atomic E-state index is 12.1. The number of aromatic nitrogens is 2. The lowest BCUT2D eigenvalue weighted by molar-refractivity contribution is -0.126. The number of aryl methyl sites for hydroxylation is 1. The fourth-order valence-corrected chi connectivity index (χ4v) is 1.07. The Labute approximate surface area is 96.0 Å². The van der Waals surface area contributed by atoms with Crippen molar-refractivity contribution in [1.29, 1.82) is 0 Å². The third kappa shape index (κ3) is 2.41. The summed E-state index contributed by atoms with van der Waals surface area (Å²) in [5.41, 5.74) is 5.44. The van der Waals surface area contributed by atoms with Gasteiger partial charge >= 0.3 is 0 Å². The Hall–Kier alpha value is -1.36. The van der Waals surface area contributed by atoms with Crippen LogP contribution in [0.5, 0.6) is 0 Å². The van der Waals surface area contributed by atoms with Crippen LogP contribution < -0.4 is 11.1 Å². The number of carbonyl (C=O) groups excluding carboxylic acids is 1. The second-order valence-corrected chi connectivity index (χ2v) is 5.20. The van der Waals surface area contributed by atoms with Crippen molar-refractivity contribution in [2.24, 2.45) is 18.2 Å². The van der Waals surface area contributed by atoms with Crippen molar-refractivity contribution in [2.75, 3.05) is 5.32 Å². The van der Waals surface area contributed by atoms with Crippen LogP contribution in [0.15, 0.2) is 12.4 Å². The first-order chi connectivity index (χ1) is 7.14. The van der Waals surface area contributed by atoms with Crippen molar-refractivity contribution in [3.05, 3.63) is 12.4 Å². The van der Waals surface area contributed by atoms with Gasteiger partial charge in [-0.3, -0.25) is 9.48 Å². The van der Waals surface area contributed by atoms with Crippen molar-refractivity contribution in [1.82, 2.24) is 9.78 Å². The summed E-state index contributed by atoms with van der Waals surface area (Å²) in [4.78, 5) is 12.1. The van der Waals surface area contributed by atoms with Crippen molar-refractivity contribution in [3.8, 4) is 0 Å². The van der Waals surface area contributed by atoms with Crippen LogP contribution in [0.1, 0.15) is 27.7 Å². The van der Waals surface area contributed by atoms with Gasteiger partial charge in [0.15, 0.2) is 0 Å². The number of nitrogens with two attached hydrogens (primary N) is 1. The van der Waals surface area contributed by atoms with E-state index in [0.717, 1.165) is 0 Å². The Morgan fingerprint density at radius 3 is 2.38 bits per heavy atom. The molecule has 0 spiro atoms. The molecule has 1 aromatic rings. The Balaban J connectivity index is 2.80. The third-order valence-electron chi connectivity index (χ3n) is 3.14. The molecule has 16 heavy (non-hydrogen) atoms. The second kappa shape index (κ2) is 3.90. The minimum Gasteiger partial charge on any atom is -0.325 e. The predicted octanol–water partition coefficient (Wildman–Crippen LogP) is 1.12. The van der Waals surface area contributed by atoms with Crippen molar-refractivity contribution < 1.29 is 4.79 Å². The molecule has 1 heterocycles. The van der Waals surface area contributed by atoms with Gasteiger partial charge in [-0.1, -0.05) is 0 Å². The van der Waals surface area contributed by atoms with E-state index in [1.54, 1.807) is 24.1 Å². The standard InChI is InChI=1S/C11H20N4O/c1-10(2,11(3,4)12)9(16)14-8-6-13-15(5)7-8/h6-7H,12H2,1-5H3,(H,14,16). The summed E-state index contributed by atoms with van der Waals surface area (Å²) in [6, 6.07) is 0. The molecule has 5 heteroatoms.